The Hall–Kier alpha value is -2.54. The summed E-state index contributed by atoms with van der Waals surface area (Å²) in [5.41, 5.74) is 2.83. The van der Waals surface area contributed by atoms with Crippen LogP contribution < -0.4 is 14.8 Å². The molecule has 2 rings (SSSR count). The van der Waals surface area contributed by atoms with E-state index in [1.165, 1.54) is 0 Å². The van der Waals surface area contributed by atoms with Crippen molar-refractivity contribution in [1.82, 2.24) is 5.32 Å². The van der Waals surface area contributed by atoms with E-state index in [9.17, 15) is 13.2 Å². The molecule has 26 heavy (non-hydrogen) atoms. The Labute approximate surface area is 154 Å². The number of benzene rings is 2. The standard InChI is InChI=1S/C19H24N2O4S/c1-14-12-16(9-10-18(14)21-26(3,23)24)19(22)20-11-5-7-15-6-4-8-17(13-15)25-2/h4,6,8-10,12-13,21H,5,7,11H2,1-3H3,(H,20,22). The number of ether oxygens (including phenoxy) is 1. The minimum absolute atomic E-state index is 0.176. The van der Waals surface area contributed by atoms with Gasteiger partial charge in [0.25, 0.3) is 5.91 Å². The molecular weight excluding hydrogens is 352 g/mol. The van der Waals surface area contributed by atoms with Crippen molar-refractivity contribution in [2.45, 2.75) is 19.8 Å². The monoisotopic (exact) mass is 376 g/mol. The van der Waals surface area contributed by atoms with Gasteiger partial charge in [0.2, 0.25) is 10.0 Å². The zero-order valence-corrected chi connectivity index (χ0v) is 16.0. The van der Waals surface area contributed by atoms with Crippen LogP contribution in [0.5, 0.6) is 5.75 Å². The Morgan fingerprint density at radius 3 is 2.58 bits per heavy atom. The molecule has 0 radical (unpaired) electrons. The van der Waals surface area contributed by atoms with E-state index in [2.05, 4.69) is 10.0 Å². The van der Waals surface area contributed by atoms with Crippen LogP contribution in [0.25, 0.3) is 0 Å². The average Bonchev–Trinajstić information content (AvgIpc) is 2.59. The van der Waals surface area contributed by atoms with Crippen molar-refractivity contribution in [3.63, 3.8) is 0 Å². The minimum Gasteiger partial charge on any atom is -0.497 e. The summed E-state index contributed by atoms with van der Waals surface area (Å²) >= 11 is 0. The summed E-state index contributed by atoms with van der Waals surface area (Å²) in [6.07, 6.45) is 2.74. The lowest BCUT2D eigenvalue weighted by molar-refractivity contribution is 0.0953. The Kier molecular flexibility index (Phi) is 6.63. The number of hydrogen-bond acceptors (Lipinski definition) is 4. The van der Waals surface area contributed by atoms with E-state index < -0.39 is 10.0 Å². The second kappa shape index (κ2) is 8.71. The van der Waals surface area contributed by atoms with Crippen molar-refractivity contribution in [3.05, 3.63) is 59.2 Å². The maximum absolute atomic E-state index is 12.2. The molecule has 1 amide bonds. The number of carbonyl (C=O) groups excluding carboxylic acids is 1. The molecule has 0 unspecified atom stereocenters. The third kappa shape index (κ3) is 6.07. The van der Waals surface area contributed by atoms with Crippen LogP contribution in [0.1, 0.15) is 27.9 Å². The third-order valence-corrected chi connectivity index (χ3v) is 4.44. The number of sulfonamides is 1. The summed E-state index contributed by atoms with van der Waals surface area (Å²) in [7, 11) is -1.70. The van der Waals surface area contributed by atoms with Crippen LogP contribution in [0.2, 0.25) is 0 Å². The molecule has 2 aromatic rings. The van der Waals surface area contributed by atoms with Crippen molar-refractivity contribution in [2.75, 3.05) is 24.6 Å². The van der Waals surface area contributed by atoms with Crippen LogP contribution in [0.15, 0.2) is 42.5 Å². The summed E-state index contributed by atoms with van der Waals surface area (Å²) < 4.78 is 30.2. The van der Waals surface area contributed by atoms with E-state index in [0.717, 1.165) is 30.4 Å². The molecule has 0 fully saturated rings. The van der Waals surface area contributed by atoms with Crippen molar-refractivity contribution in [3.8, 4) is 5.75 Å². The molecule has 0 aromatic heterocycles. The van der Waals surface area contributed by atoms with Gasteiger partial charge in [-0.25, -0.2) is 8.42 Å². The van der Waals surface area contributed by atoms with Gasteiger partial charge in [0.1, 0.15) is 5.75 Å². The summed E-state index contributed by atoms with van der Waals surface area (Å²) in [6.45, 7) is 2.31. The SMILES string of the molecule is COc1cccc(CCCNC(=O)c2ccc(NS(C)(=O)=O)c(C)c2)c1. The van der Waals surface area contributed by atoms with Gasteiger partial charge < -0.3 is 10.1 Å². The van der Waals surface area contributed by atoms with Crippen molar-refractivity contribution in [2.24, 2.45) is 0 Å². The maximum Gasteiger partial charge on any atom is 0.251 e. The van der Waals surface area contributed by atoms with Crippen LogP contribution in [0.4, 0.5) is 5.69 Å². The maximum atomic E-state index is 12.2. The predicted molar refractivity (Wildman–Crippen MR) is 103 cm³/mol. The molecular formula is C19H24N2O4S. The van der Waals surface area contributed by atoms with Gasteiger partial charge in [-0.05, 0) is 61.2 Å². The van der Waals surface area contributed by atoms with Crippen LogP contribution >= 0.6 is 0 Å². The topological polar surface area (TPSA) is 84.5 Å². The zero-order chi connectivity index (χ0) is 19.2. The van der Waals surface area contributed by atoms with Gasteiger partial charge >= 0.3 is 0 Å². The predicted octanol–water partition coefficient (Wildman–Crippen LogP) is 2.74. The normalized spacial score (nSPS) is 11.0. The molecule has 0 aliphatic carbocycles. The summed E-state index contributed by atoms with van der Waals surface area (Å²) in [5.74, 6) is 0.648. The molecule has 0 saturated heterocycles. The molecule has 0 aliphatic rings. The van der Waals surface area contributed by atoms with Crippen molar-refractivity contribution >= 4 is 21.6 Å². The lowest BCUT2D eigenvalue weighted by atomic mass is 10.1. The molecule has 7 heteroatoms. The van der Waals surface area contributed by atoms with Gasteiger partial charge in [0.15, 0.2) is 0 Å². The number of aryl methyl sites for hydroxylation is 2. The van der Waals surface area contributed by atoms with E-state index in [0.29, 0.717) is 23.4 Å². The fourth-order valence-corrected chi connectivity index (χ4v) is 3.17. The van der Waals surface area contributed by atoms with Crippen LogP contribution in [-0.2, 0) is 16.4 Å². The molecule has 0 aliphatic heterocycles. The summed E-state index contributed by atoms with van der Waals surface area (Å²) in [6, 6.07) is 12.7. The fourth-order valence-electron chi connectivity index (χ4n) is 2.54. The van der Waals surface area contributed by atoms with E-state index in [4.69, 9.17) is 4.74 Å². The van der Waals surface area contributed by atoms with E-state index in [1.807, 2.05) is 24.3 Å². The molecule has 0 heterocycles. The molecule has 6 nitrogen and oxygen atoms in total. The highest BCUT2D eigenvalue weighted by Gasteiger charge is 2.09. The number of amides is 1. The van der Waals surface area contributed by atoms with Gasteiger partial charge in [0.05, 0.1) is 19.1 Å². The van der Waals surface area contributed by atoms with Crippen LogP contribution in [0, 0.1) is 6.92 Å². The number of hydrogen-bond donors (Lipinski definition) is 2. The first-order valence-corrected chi connectivity index (χ1v) is 10.2. The lowest BCUT2D eigenvalue weighted by Gasteiger charge is -2.10. The number of carbonyl (C=O) groups is 1. The molecule has 2 aromatic carbocycles. The average molecular weight is 376 g/mol. The van der Waals surface area contributed by atoms with Crippen molar-refractivity contribution in [1.29, 1.82) is 0 Å². The number of rotatable bonds is 8. The number of methoxy groups -OCH3 is 1. The van der Waals surface area contributed by atoms with E-state index in [-0.39, 0.29) is 5.91 Å². The molecule has 0 atom stereocenters. The lowest BCUT2D eigenvalue weighted by Crippen LogP contribution is -2.25. The van der Waals surface area contributed by atoms with E-state index in [1.54, 1.807) is 32.2 Å². The first-order chi connectivity index (χ1) is 12.3. The smallest absolute Gasteiger partial charge is 0.251 e. The van der Waals surface area contributed by atoms with Gasteiger partial charge in [-0.3, -0.25) is 9.52 Å². The molecule has 0 saturated carbocycles. The highest BCUT2D eigenvalue weighted by atomic mass is 32.2. The first kappa shape index (κ1) is 19.8. The quantitative estimate of drug-likeness (QED) is 0.694. The summed E-state index contributed by atoms with van der Waals surface area (Å²) in [4.78, 5) is 12.2. The number of nitrogens with one attached hydrogen (secondary N) is 2. The Balaban J connectivity index is 1.86. The minimum atomic E-state index is -3.34. The van der Waals surface area contributed by atoms with Crippen LogP contribution in [-0.4, -0.2) is 34.2 Å². The summed E-state index contributed by atoms with van der Waals surface area (Å²) in [5, 5.41) is 2.88. The second-order valence-corrected chi connectivity index (χ2v) is 7.86. The molecule has 0 bridgehead atoms. The van der Waals surface area contributed by atoms with Gasteiger partial charge in [0, 0.05) is 12.1 Å². The Bertz CT molecular complexity index is 879. The first-order valence-electron chi connectivity index (χ1n) is 8.28. The van der Waals surface area contributed by atoms with Gasteiger partial charge in [-0.15, -0.1) is 0 Å². The highest BCUT2D eigenvalue weighted by Crippen LogP contribution is 2.18. The third-order valence-electron chi connectivity index (χ3n) is 3.85. The van der Waals surface area contributed by atoms with Crippen LogP contribution in [0.3, 0.4) is 0 Å². The second-order valence-electron chi connectivity index (χ2n) is 6.11. The molecule has 0 spiro atoms. The molecule has 2 N–H and O–H groups in total. The number of anilines is 1. The van der Waals surface area contributed by atoms with Gasteiger partial charge in [-0.2, -0.15) is 0 Å². The highest BCUT2D eigenvalue weighted by molar-refractivity contribution is 7.92. The fraction of sp³-hybridized carbons (Fsp3) is 0.316. The molecule has 140 valence electrons. The Morgan fingerprint density at radius 2 is 1.92 bits per heavy atom. The van der Waals surface area contributed by atoms with Crippen molar-refractivity contribution < 1.29 is 17.9 Å². The largest absolute Gasteiger partial charge is 0.497 e. The zero-order valence-electron chi connectivity index (χ0n) is 15.2. The van der Waals surface area contributed by atoms with E-state index >= 15 is 0 Å². The van der Waals surface area contributed by atoms with Gasteiger partial charge in [-0.1, -0.05) is 12.1 Å². The Morgan fingerprint density at radius 1 is 1.15 bits per heavy atom.